The lowest BCUT2D eigenvalue weighted by molar-refractivity contribution is 0.627. The number of rotatable bonds is 5. The van der Waals surface area contributed by atoms with Gasteiger partial charge in [0.1, 0.15) is 5.82 Å². The van der Waals surface area contributed by atoms with Crippen molar-refractivity contribution in [2.75, 3.05) is 5.32 Å². The van der Waals surface area contributed by atoms with E-state index in [1.54, 1.807) is 12.1 Å². The Kier molecular flexibility index (Phi) is 4.71. The molecule has 0 spiro atoms. The molecule has 0 saturated carbocycles. The van der Waals surface area contributed by atoms with Crippen molar-refractivity contribution in [3.05, 3.63) is 96.4 Å². The molecule has 0 aliphatic carbocycles. The van der Waals surface area contributed by atoms with Crippen LogP contribution in [0.3, 0.4) is 0 Å². The summed E-state index contributed by atoms with van der Waals surface area (Å²) >= 11 is 0. The molecule has 27 heavy (non-hydrogen) atoms. The van der Waals surface area contributed by atoms with Crippen LogP contribution in [-0.2, 0) is 13.6 Å². The summed E-state index contributed by atoms with van der Waals surface area (Å²) in [6, 6.07) is 25.3. The van der Waals surface area contributed by atoms with Gasteiger partial charge in [0.05, 0.1) is 11.9 Å². The normalized spacial score (nSPS) is 10.7. The van der Waals surface area contributed by atoms with Gasteiger partial charge in [0.15, 0.2) is 0 Å². The molecule has 0 amide bonds. The molecule has 134 valence electrons. The fraction of sp³-hybridized carbons (Fsp3) is 0.0870. The Morgan fingerprint density at radius 2 is 1.44 bits per heavy atom. The average Bonchev–Trinajstić information content (AvgIpc) is 3.09. The molecular weight excluding hydrogens is 337 g/mol. The zero-order chi connectivity index (χ0) is 18.6. The minimum absolute atomic E-state index is 0.225. The van der Waals surface area contributed by atoms with Gasteiger partial charge >= 0.3 is 0 Å². The van der Waals surface area contributed by atoms with Gasteiger partial charge in [-0.25, -0.2) is 9.37 Å². The van der Waals surface area contributed by atoms with E-state index >= 15 is 0 Å². The smallest absolute Gasteiger partial charge is 0.203 e. The predicted molar refractivity (Wildman–Crippen MR) is 108 cm³/mol. The van der Waals surface area contributed by atoms with Crippen LogP contribution in [-0.4, -0.2) is 9.55 Å². The maximum absolute atomic E-state index is 13.0. The summed E-state index contributed by atoms with van der Waals surface area (Å²) < 4.78 is 15.0. The van der Waals surface area contributed by atoms with Gasteiger partial charge in [0, 0.05) is 13.6 Å². The largest absolute Gasteiger partial charge is 0.352 e. The van der Waals surface area contributed by atoms with Crippen molar-refractivity contribution in [2.24, 2.45) is 7.05 Å². The van der Waals surface area contributed by atoms with Crippen molar-refractivity contribution >= 4 is 5.95 Å². The van der Waals surface area contributed by atoms with E-state index < -0.39 is 0 Å². The van der Waals surface area contributed by atoms with Crippen LogP contribution >= 0.6 is 0 Å². The van der Waals surface area contributed by atoms with Gasteiger partial charge in [-0.3, -0.25) is 0 Å². The van der Waals surface area contributed by atoms with Gasteiger partial charge in [-0.05, 0) is 34.4 Å². The maximum atomic E-state index is 13.0. The monoisotopic (exact) mass is 357 g/mol. The fourth-order valence-electron chi connectivity index (χ4n) is 3.09. The van der Waals surface area contributed by atoms with E-state index in [9.17, 15) is 4.39 Å². The van der Waals surface area contributed by atoms with E-state index in [1.165, 1.54) is 23.3 Å². The minimum Gasteiger partial charge on any atom is -0.352 e. The minimum atomic E-state index is -0.225. The van der Waals surface area contributed by atoms with Gasteiger partial charge in [-0.2, -0.15) is 0 Å². The third-order valence-electron chi connectivity index (χ3n) is 4.64. The summed E-state index contributed by atoms with van der Waals surface area (Å²) in [4.78, 5) is 4.48. The molecule has 0 radical (unpaired) electrons. The predicted octanol–water partition coefficient (Wildman–Crippen LogP) is 5.51. The molecule has 3 nitrogen and oxygen atoms in total. The van der Waals surface area contributed by atoms with Crippen LogP contribution in [0.2, 0.25) is 0 Å². The second-order valence-electron chi connectivity index (χ2n) is 6.45. The molecule has 4 heteroatoms. The highest BCUT2D eigenvalue weighted by molar-refractivity contribution is 5.69. The Labute approximate surface area is 158 Å². The van der Waals surface area contributed by atoms with Gasteiger partial charge in [0.25, 0.3) is 0 Å². The zero-order valence-corrected chi connectivity index (χ0v) is 15.1. The summed E-state index contributed by atoms with van der Waals surface area (Å²) in [6.45, 7) is 0.595. The standard InChI is InChI=1S/C23H20FN3/c1-27-22(16-26-23(27)25-15-17-7-13-21(24)14-8-17)20-11-9-19(10-12-20)18-5-3-2-4-6-18/h2-14,16H,15H2,1H3,(H,25,26). The number of benzene rings is 3. The Bertz CT molecular complexity index is 1020. The number of halogens is 1. The highest BCUT2D eigenvalue weighted by Gasteiger charge is 2.09. The van der Waals surface area contributed by atoms with Gasteiger partial charge in [0.2, 0.25) is 5.95 Å². The molecule has 0 aliphatic heterocycles. The van der Waals surface area contributed by atoms with Crippen molar-refractivity contribution in [2.45, 2.75) is 6.54 Å². The molecule has 1 aromatic heterocycles. The average molecular weight is 357 g/mol. The number of aromatic nitrogens is 2. The van der Waals surface area contributed by atoms with Crippen molar-refractivity contribution in [1.82, 2.24) is 9.55 Å². The molecule has 3 aromatic carbocycles. The number of nitrogens with zero attached hydrogens (tertiary/aromatic N) is 2. The Balaban J connectivity index is 1.50. The molecule has 0 bridgehead atoms. The zero-order valence-electron chi connectivity index (χ0n) is 15.1. The van der Waals surface area contributed by atoms with E-state index in [4.69, 9.17) is 0 Å². The lowest BCUT2D eigenvalue weighted by Gasteiger charge is -2.09. The first-order valence-electron chi connectivity index (χ1n) is 8.86. The van der Waals surface area contributed by atoms with E-state index in [-0.39, 0.29) is 5.82 Å². The lowest BCUT2D eigenvalue weighted by atomic mass is 10.0. The van der Waals surface area contributed by atoms with Crippen LogP contribution in [0, 0.1) is 5.82 Å². The molecule has 0 unspecified atom stereocenters. The molecule has 0 aliphatic rings. The molecule has 0 saturated heterocycles. The molecular formula is C23H20FN3. The molecule has 1 N–H and O–H groups in total. The summed E-state index contributed by atoms with van der Waals surface area (Å²) in [5.41, 5.74) is 5.55. The molecule has 1 heterocycles. The molecule has 4 aromatic rings. The summed E-state index contributed by atoms with van der Waals surface area (Å²) in [5.74, 6) is 0.554. The third-order valence-corrected chi connectivity index (χ3v) is 4.64. The van der Waals surface area contributed by atoms with Gasteiger partial charge in [-0.15, -0.1) is 0 Å². The Hall–Kier alpha value is -3.40. The quantitative estimate of drug-likeness (QED) is 0.511. The first kappa shape index (κ1) is 17.0. The highest BCUT2D eigenvalue weighted by atomic mass is 19.1. The van der Waals surface area contributed by atoms with Crippen LogP contribution in [0.5, 0.6) is 0 Å². The third kappa shape index (κ3) is 3.75. The number of hydrogen-bond donors (Lipinski definition) is 1. The maximum Gasteiger partial charge on any atom is 0.203 e. The lowest BCUT2D eigenvalue weighted by Crippen LogP contribution is -2.05. The fourth-order valence-corrected chi connectivity index (χ4v) is 3.09. The Morgan fingerprint density at radius 3 is 2.15 bits per heavy atom. The van der Waals surface area contributed by atoms with Crippen LogP contribution in [0.25, 0.3) is 22.4 Å². The molecule has 4 rings (SSSR count). The number of anilines is 1. The number of hydrogen-bond acceptors (Lipinski definition) is 2. The van der Waals surface area contributed by atoms with Crippen molar-refractivity contribution in [1.29, 1.82) is 0 Å². The van der Waals surface area contributed by atoms with Crippen LogP contribution in [0.1, 0.15) is 5.56 Å². The van der Waals surface area contributed by atoms with Crippen molar-refractivity contribution < 1.29 is 4.39 Å². The summed E-state index contributed by atoms with van der Waals surface area (Å²) in [5, 5.41) is 3.31. The van der Waals surface area contributed by atoms with Gasteiger partial charge < -0.3 is 9.88 Å². The van der Waals surface area contributed by atoms with Crippen molar-refractivity contribution in [3.8, 4) is 22.4 Å². The van der Waals surface area contributed by atoms with E-state index in [0.29, 0.717) is 6.54 Å². The topological polar surface area (TPSA) is 29.9 Å². The second-order valence-corrected chi connectivity index (χ2v) is 6.45. The van der Waals surface area contributed by atoms with Crippen LogP contribution in [0.4, 0.5) is 10.3 Å². The Morgan fingerprint density at radius 1 is 0.815 bits per heavy atom. The second kappa shape index (κ2) is 7.46. The highest BCUT2D eigenvalue weighted by Crippen LogP contribution is 2.26. The van der Waals surface area contributed by atoms with E-state index in [0.717, 1.165) is 22.8 Å². The summed E-state index contributed by atoms with van der Waals surface area (Å²) in [6.07, 6.45) is 1.87. The van der Waals surface area contributed by atoms with E-state index in [2.05, 4.69) is 46.7 Å². The number of nitrogens with one attached hydrogen (secondary N) is 1. The molecule has 0 fully saturated rings. The first-order valence-corrected chi connectivity index (χ1v) is 8.86. The van der Waals surface area contributed by atoms with Crippen LogP contribution < -0.4 is 5.32 Å². The van der Waals surface area contributed by atoms with Crippen molar-refractivity contribution in [3.63, 3.8) is 0 Å². The number of imidazole rings is 1. The summed E-state index contributed by atoms with van der Waals surface area (Å²) in [7, 11) is 1.99. The first-order chi connectivity index (χ1) is 13.2. The van der Waals surface area contributed by atoms with Crippen LogP contribution in [0.15, 0.2) is 85.1 Å². The molecule has 0 atom stereocenters. The van der Waals surface area contributed by atoms with E-state index in [1.807, 2.05) is 36.0 Å². The SMILES string of the molecule is Cn1c(-c2ccc(-c3ccccc3)cc2)cnc1NCc1ccc(F)cc1. The van der Waals surface area contributed by atoms with Gasteiger partial charge in [-0.1, -0.05) is 66.7 Å².